The quantitative estimate of drug-likeness (QED) is 0.568. The number of carbonyl (C=O) groups is 1. The summed E-state index contributed by atoms with van der Waals surface area (Å²) in [7, 11) is 0. The van der Waals surface area contributed by atoms with E-state index in [4.69, 9.17) is 5.11 Å². The summed E-state index contributed by atoms with van der Waals surface area (Å²) in [6, 6.07) is 4.04. The van der Waals surface area contributed by atoms with Crippen LogP contribution >= 0.6 is 11.8 Å². The minimum absolute atomic E-state index is 0.331. The maximum absolute atomic E-state index is 13.3. The van der Waals surface area contributed by atoms with E-state index >= 15 is 0 Å². The van der Waals surface area contributed by atoms with Crippen molar-refractivity contribution in [2.45, 2.75) is 10.8 Å². The van der Waals surface area contributed by atoms with E-state index in [-0.39, 0.29) is 5.56 Å². The lowest BCUT2D eigenvalue weighted by molar-refractivity contribution is 0.0692. The van der Waals surface area contributed by atoms with Gasteiger partial charge in [0.25, 0.3) is 0 Å². The van der Waals surface area contributed by atoms with Crippen LogP contribution in [0.3, 0.4) is 0 Å². The smallest absolute Gasteiger partial charge is 0.338 e. The van der Waals surface area contributed by atoms with E-state index in [1.165, 1.54) is 30.5 Å². The van der Waals surface area contributed by atoms with Crippen molar-refractivity contribution < 1.29 is 14.3 Å². The molecule has 0 saturated carbocycles. The number of halogens is 1. The number of H-pyrrole nitrogens is 1. The van der Waals surface area contributed by atoms with Gasteiger partial charge in [-0.2, -0.15) is 0 Å². The van der Waals surface area contributed by atoms with E-state index in [0.717, 1.165) is 11.6 Å². The third kappa shape index (κ3) is 2.70. The van der Waals surface area contributed by atoms with E-state index < -0.39 is 11.8 Å². The first-order valence-electron chi connectivity index (χ1n) is 5.94. The van der Waals surface area contributed by atoms with Crippen LogP contribution in [0.2, 0.25) is 0 Å². The highest BCUT2D eigenvalue weighted by molar-refractivity contribution is 7.98. The fraction of sp³-hybridized carbons (Fsp3) is 0.0769. The predicted molar refractivity (Wildman–Crippen MR) is 74.6 cm³/mol. The highest BCUT2D eigenvalue weighted by atomic mass is 32.2. The van der Waals surface area contributed by atoms with E-state index in [2.05, 4.69) is 19.9 Å². The number of rotatable bonds is 4. The second kappa shape index (κ2) is 5.49. The van der Waals surface area contributed by atoms with E-state index in [1.807, 2.05) is 0 Å². The number of hydrogen-bond donors (Lipinski definition) is 2. The first-order chi connectivity index (χ1) is 10.1. The summed E-state index contributed by atoms with van der Waals surface area (Å²) in [5, 5.41) is 9.62. The van der Waals surface area contributed by atoms with Gasteiger partial charge in [0, 0.05) is 5.75 Å². The summed E-state index contributed by atoms with van der Waals surface area (Å²) in [6.45, 7) is 0. The van der Waals surface area contributed by atoms with Crippen LogP contribution in [-0.2, 0) is 5.75 Å². The molecule has 1 aromatic carbocycles. The topological polar surface area (TPSA) is 91.8 Å². The van der Waals surface area contributed by atoms with Crippen LogP contribution in [0.4, 0.5) is 4.39 Å². The first kappa shape index (κ1) is 13.5. The average molecular weight is 304 g/mol. The Kier molecular flexibility index (Phi) is 3.53. The van der Waals surface area contributed by atoms with Gasteiger partial charge < -0.3 is 10.1 Å². The van der Waals surface area contributed by atoms with Gasteiger partial charge in [-0.15, -0.1) is 0 Å². The van der Waals surface area contributed by atoms with Crippen LogP contribution in [0.25, 0.3) is 11.2 Å². The molecule has 6 nitrogen and oxygen atoms in total. The van der Waals surface area contributed by atoms with Crippen molar-refractivity contribution in [1.29, 1.82) is 0 Å². The molecule has 21 heavy (non-hydrogen) atoms. The molecule has 2 heterocycles. The highest BCUT2D eigenvalue weighted by Gasteiger charge is 2.12. The maximum atomic E-state index is 13.3. The molecule has 0 bridgehead atoms. The number of hydrogen-bond acceptors (Lipinski definition) is 5. The Morgan fingerprint density at radius 3 is 3.00 bits per heavy atom. The number of carboxylic acids is 1. The predicted octanol–water partition coefficient (Wildman–Crippen LogP) is 2.48. The van der Waals surface area contributed by atoms with E-state index in [9.17, 15) is 9.18 Å². The Labute approximate surface area is 122 Å². The minimum Gasteiger partial charge on any atom is -0.478 e. The van der Waals surface area contributed by atoms with E-state index in [1.54, 1.807) is 6.07 Å². The van der Waals surface area contributed by atoms with E-state index in [0.29, 0.717) is 22.0 Å². The number of carboxylic acid groups (broad SMARTS) is 1. The Bertz CT molecular complexity index is 821. The van der Waals surface area contributed by atoms with Gasteiger partial charge in [0.1, 0.15) is 22.7 Å². The molecule has 2 aromatic heterocycles. The third-order valence-corrected chi connectivity index (χ3v) is 3.89. The molecule has 0 amide bonds. The van der Waals surface area contributed by atoms with Gasteiger partial charge in [-0.3, -0.25) is 0 Å². The number of benzene rings is 1. The molecule has 0 aliphatic heterocycles. The molecule has 0 saturated heterocycles. The zero-order chi connectivity index (χ0) is 14.8. The fourth-order valence-electron chi connectivity index (χ4n) is 1.83. The Morgan fingerprint density at radius 2 is 2.19 bits per heavy atom. The Balaban J connectivity index is 1.83. The second-order valence-corrected chi connectivity index (χ2v) is 5.15. The molecule has 2 N–H and O–H groups in total. The largest absolute Gasteiger partial charge is 0.478 e. The number of imidazole rings is 1. The van der Waals surface area contributed by atoms with Crippen LogP contribution in [0.5, 0.6) is 0 Å². The number of aromatic amines is 1. The number of fused-ring (bicyclic) bond motifs is 1. The number of nitrogens with one attached hydrogen (secondary N) is 1. The summed E-state index contributed by atoms with van der Waals surface area (Å²) < 4.78 is 13.3. The van der Waals surface area contributed by atoms with Crippen molar-refractivity contribution in [3.05, 3.63) is 47.8 Å². The van der Waals surface area contributed by atoms with Crippen LogP contribution in [-0.4, -0.2) is 31.0 Å². The summed E-state index contributed by atoms with van der Waals surface area (Å²) in [6.07, 6.45) is 2.95. The summed E-state index contributed by atoms with van der Waals surface area (Å²) in [5.74, 6) is -1.56. The lowest BCUT2D eigenvalue weighted by Crippen LogP contribution is -2.01. The molecule has 106 valence electrons. The average Bonchev–Trinajstić information content (AvgIpc) is 2.95. The summed E-state index contributed by atoms with van der Waals surface area (Å²) in [4.78, 5) is 26.1. The molecule has 0 aliphatic carbocycles. The zero-order valence-corrected chi connectivity index (χ0v) is 11.4. The SMILES string of the molecule is O=C(O)c1cc(CSc2ncnc3nc[nH]c23)ccc1F. The molecule has 3 aromatic rings. The monoisotopic (exact) mass is 304 g/mol. The van der Waals surface area contributed by atoms with Crippen molar-refractivity contribution in [3.63, 3.8) is 0 Å². The highest BCUT2D eigenvalue weighted by Crippen LogP contribution is 2.26. The normalized spacial score (nSPS) is 10.9. The second-order valence-electron chi connectivity index (χ2n) is 4.19. The van der Waals surface area contributed by atoms with Crippen molar-refractivity contribution in [3.8, 4) is 0 Å². The lowest BCUT2D eigenvalue weighted by Gasteiger charge is -2.04. The minimum atomic E-state index is -1.28. The molecular formula is C13H9FN4O2S. The van der Waals surface area contributed by atoms with Gasteiger partial charge in [-0.05, 0) is 17.7 Å². The first-order valence-corrected chi connectivity index (χ1v) is 6.92. The van der Waals surface area contributed by atoms with Crippen LogP contribution in [0.1, 0.15) is 15.9 Å². The van der Waals surface area contributed by atoms with Gasteiger partial charge in [-0.1, -0.05) is 17.8 Å². The molecule has 0 aliphatic rings. The van der Waals surface area contributed by atoms with Crippen LogP contribution in [0.15, 0.2) is 35.9 Å². The zero-order valence-electron chi connectivity index (χ0n) is 10.6. The van der Waals surface area contributed by atoms with Crippen molar-refractivity contribution in [2.75, 3.05) is 0 Å². The molecule has 0 unspecified atom stereocenters. The van der Waals surface area contributed by atoms with Gasteiger partial charge in [-0.25, -0.2) is 24.1 Å². The number of thioether (sulfide) groups is 1. The maximum Gasteiger partial charge on any atom is 0.338 e. The standard InChI is InChI=1S/C13H9FN4O2S/c14-9-2-1-7(3-8(9)13(19)20)4-21-12-10-11(16-5-15-10)17-6-18-12/h1-3,5-6H,4H2,(H,19,20)(H,15,16,17,18). The number of nitrogens with zero attached hydrogens (tertiary/aromatic N) is 3. The van der Waals surface area contributed by atoms with Crippen molar-refractivity contribution >= 4 is 28.9 Å². The molecule has 3 rings (SSSR count). The third-order valence-electron chi connectivity index (χ3n) is 2.82. The van der Waals surface area contributed by atoms with Crippen LogP contribution < -0.4 is 0 Å². The number of aromatic nitrogens is 4. The molecule has 0 radical (unpaired) electrons. The molecule has 0 spiro atoms. The van der Waals surface area contributed by atoms with Crippen LogP contribution in [0, 0.1) is 5.82 Å². The Hall–Kier alpha value is -2.48. The Morgan fingerprint density at radius 1 is 1.33 bits per heavy atom. The molecule has 8 heteroatoms. The van der Waals surface area contributed by atoms with Crippen molar-refractivity contribution in [2.24, 2.45) is 0 Å². The van der Waals surface area contributed by atoms with Gasteiger partial charge in [0.2, 0.25) is 0 Å². The van der Waals surface area contributed by atoms with Gasteiger partial charge >= 0.3 is 5.97 Å². The molecule has 0 fully saturated rings. The number of aromatic carboxylic acids is 1. The fourth-order valence-corrected chi connectivity index (χ4v) is 2.73. The lowest BCUT2D eigenvalue weighted by atomic mass is 10.1. The van der Waals surface area contributed by atoms with Gasteiger partial charge in [0.05, 0.1) is 11.9 Å². The van der Waals surface area contributed by atoms with Gasteiger partial charge in [0.15, 0.2) is 5.65 Å². The summed E-state index contributed by atoms with van der Waals surface area (Å²) >= 11 is 1.40. The molecular weight excluding hydrogens is 295 g/mol. The molecule has 0 atom stereocenters. The van der Waals surface area contributed by atoms with Crippen molar-refractivity contribution in [1.82, 2.24) is 19.9 Å². The summed E-state index contributed by atoms with van der Waals surface area (Å²) in [5.41, 5.74) is 1.66.